The SMILES string of the molecule is O=C(CSc1n[nH]c(CCC2CCCC2)n1)N1CCCC2CCCCC21. The molecule has 2 saturated carbocycles. The summed E-state index contributed by atoms with van der Waals surface area (Å²) in [6.45, 7) is 0.946. The first kappa shape index (κ1) is 18.3. The number of nitrogens with one attached hydrogen (secondary N) is 1. The number of carbonyl (C=O) groups excluding carboxylic acids is 1. The van der Waals surface area contributed by atoms with Crippen molar-refractivity contribution in [3.05, 3.63) is 5.82 Å². The normalized spacial score (nSPS) is 26.8. The second kappa shape index (κ2) is 8.77. The van der Waals surface area contributed by atoms with Crippen LogP contribution in [0.15, 0.2) is 5.16 Å². The summed E-state index contributed by atoms with van der Waals surface area (Å²) >= 11 is 1.50. The highest BCUT2D eigenvalue weighted by Crippen LogP contribution is 2.35. The third-order valence-corrected chi connectivity index (χ3v) is 7.50. The molecule has 0 bridgehead atoms. The molecule has 2 atom stereocenters. The van der Waals surface area contributed by atoms with Crippen molar-refractivity contribution in [2.45, 2.75) is 88.2 Å². The van der Waals surface area contributed by atoms with Gasteiger partial charge in [-0.3, -0.25) is 9.89 Å². The summed E-state index contributed by atoms with van der Waals surface area (Å²) in [5.74, 6) is 3.36. The Bertz CT molecular complexity index is 596. The second-order valence-electron chi connectivity index (χ2n) is 8.38. The predicted molar refractivity (Wildman–Crippen MR) is 104 cm³/mol. The fourth-order valence-electron chi connectivity index (χ4n) is 5.24. The minimum Gasteiger partial charge on any atom is -0.339 e. The Kier molecular flexibility index (Phi) is 6.18. The number of rotatable bonds is 6. The van der Waals surface area contributed by atoms with Crippen LogP contribution < -0.4 is 0 Å². The maximum Gasteiger partial charge on any atom is 0.233 e. The molecule has 1 aliphatic heterocycles. The smallest absolute Gasteiger partial charge is 0.233 e. The maximum atomic E-state index is 12.8. The van der Waals surface area contributed by atoms with Gasteiger partial charge in [0.25, 0.3) is 0 Å². The summed E-state index contributed by atoms with van der Waals surface area (Å²) in [5, 5.41) is 8.12. The van der Waals surface area contributed by atoms with Crippen molar-refractivity contribution in [2.75, 3.05) is 12.3 Å². The number of aromatic nitrogens is 3. The molecule has 6 heteroatoms. The van der Waals surface area contributed by atoms with Crippen LogP contribution in [0, 0.1) is 11.8 Å². The zero-order chi connectivity index (χ0) is 17.8. The molecule has 2 heterocycles. The molecule has 1 aromatic rings. The number of nitrogens with zero attached hydrogens (tertiary/aromatic N) is 3. The molecule has 0 radical (unpaired) electrons. The Labute approximate surface area is 161 Å². The molecule has 1 amide bonds. The largest absolute Gasteiger partial charge is 0.339 e. The van der Waals surface area contributed by atoms with Gasteiger partial charge >= 0.3 is 0 Å². The minimum atomic E-state index is 0.281. The average Bonchev–Trinajstić information content (AvgIpc) is 3.35. The lowest BCUT2D eigenvalue weighted by Gasteiger charge is -2.44. The van der Waals surface area contributed by atoms with Gasteiger partial charge in [-0.05, 0) is 43.9 Å². The maximum absolute atomic E-state index is 12.8. The monoisotopic (exact) mass is 376 g/mol. The van der Waals surface area contributed by atoms with Crippen LogP contribution in [0.5, 0.6) is 0 Å². The van der Waals surface area contributed by atoms with Gasteiger partial charge in [0, 0.05) is 19.0 Å². The number of likely N-dealkylation sites (tertiary alicyclic amines) is 1. The molecule has 3 fully saturated rings. The number of aryl methyl sites for hydroxylation is 1. The first-order valence-electron chi connectivity index (χ1n) is 10.6. The van der Waals surface area contributed by atoms with Crippen molar-refractivity contribution in [3.63, 3.8) is 0 Å². The van der Waals surface area contributed by atoms with E-state index in [0.29, 0.717) is 11.8 Å². The second-order valence-corrected chi connectivity index (χ2v) is 9.33. The summed E-state index contributed by atoms with van der Waals surface area (Å²) in [5.41, 5.74) is 0. The van der Waals surface area contributed by atoms with E-state index in [4.69, 9.17) is 0 Å². The van der Waals surface area contributed by atoms with Gasteiger partial charge in [-0.15, -0.1) is 5.10 Å². The molecule has 0 spiro atoms. The Hall–Kier alpha value is -1.04. The molecule has 5 nitrogen and oxygen atoms in total. The van der Waals surface area contributed by atoms with E-state index in [-0.39, 0.29) is 5.91 Å². The van der Waals surface area contributed by atoms with Crippen molar-refractivity contribution in [2.24, 2.45) is 11.8 Å². The molecule has 1 saturated heterocycles. The Morgan fingerprint density at radius 1 is 1.08 bits per heavy atom. The number of H-pyrrole nitrogens is 1. The molecule has 3 aliphatic rings. The van der Waals surface area contributed by atoms with Gasteiger partial charge in [0.15, 0.2) is 0 Å². The third kappa shape index (κ3) is 4.44. The molecule has 144 valence electrons. The van der Waals surface area contributed by atoms with Gasteiger partial charge < -0.3 is 4.90 Å². The Morgan fingerprint density at radius 2 is 1.85 bits per heavy atom. The topological polar surface area (TPSA) is 61.9 Å². The Morgan fingerprint density at radius 3 is 2.73 bits per heavy atom. The number of hydrogen-bond acceptors (Lipinski definition) is 4. The molecule has 1 aromatic heterocycles. The average molecular weight is 377 g/mol. The van der Waals surface area contributed by atoms with Crippen LogP contribution in [-0.4, -0.2) is 44.3 Å². The van der Waals surface area contributed by atoms with Crippen molar-refractivity contribution in [1.29, 1.82) is 0 Å². The van der Waals surface area contributed by atoms with Gasteiger partial charge in [-0.2, -0.15) is 0 Å². The van der Waals surface area contributed by atoms with Crippen molar-refractivity contribution in [3.8, 4) is 0 Å². The van der Waals surface area contributed by atoms with Crippen molar-refractivity contribution < 1.29 is 4.79 Å². The van der Waals surface area contributed by atoms with Crippen molar-refractivity contribution in [1.82, 2.24) is 20.1 Å². The summed E-state index contributed by atoms with van der Waals surface area (Å²) in [6, 6.07) is 0.500. The number of thioether (sulfide) groups is 1. The van der Waals surface area contributed by atoms with E-state index in [1.807, 2.05) is 0 Å². The van der Waals surface area contributed by atoms with Gasteiger partial charge in [-0.25, -0.2) is 4.98 Å². The number of fused-ring (bicyclic) bond motifs is 1. The summed E-state index contributed by atoms with van der Waals surface area (Å²) in [4.78, 5) is 19.5. The highest BCUT2D eigenvalue weighted by Gasteiger charge is 2.35. The van der Waals surface area contributed by atoms with Crippen molar-refractivity contribution >= 4 is 17.7 Å². The molecule has 26 heavy (non-hydrogen) atoms. The number of amides is 1. The molecule has 2 aliphatic carbocycles. The standard InChI is InChI=1S/C20H32N4OS/c25-19(24-13-5-9-16-8-3-4-10-17(16)24)14-26-20-21-18(22-23-20)12-11-15-6-1-2-7-15/h15-17H,1-14H2,(H,21,22,23). The lowest BCUT2D eigenvalue weighted by molar-refractivity contribution is -0.134. The summed E-state index contributed by atoms with van der Waals surface area (Å²) < 4.78 is 0. The lowest BCUT2D eigenvalue weighted by Crippen LogP contribution is -2.50. The molecule has 0 aromatic carbocycles. The van der Waals surface area contributed by atoms with E-state index < -0.39 is 0 Å². The lowest BCUT2D eigenvalue weighted by atomic mass is 9.78. The van der Waals surface area contributed by atoms with E-state index in [1.54, 1.807) is 0 Å². The number of carbonyl (C=O) groups is 1. The van der Waals surface area contributed by atoms with Crippen LogP contribution in [0.1, 0.15) is 76.5 Å². The number of hydrogen-bond donors (Lipinski definition) is 1. The van der Waals surface area contributed by atoms with Crippen LogP contribution in [0.2, 0.25) is 0 Å². The molecule has 2 unspecified atom stereocenters. The van der Waals surface area contributed by atoms with E-state index in [0.717, 1.165) is 35.8 Å². The summed E-state index contributed by atoms with van der Waals surface area (Å²) in [6.07, 6.45) is 15.4. The van der Waals surface area contributed by atoms with Crippen LogP contribution in [-0.2, 0) is 11.2 Å². The van der Waals surface area contributed by atoms with Gasteiger partial charge in [-0.1, -0.05) is 50.3 Å². The molecule has 1 N–H and O–H groups in total. The van der Waals surface area contributed by atoms with Gasteiger partial charge in [0.1, 0.15) is 5.82 Å². The molecule has 4 rings (SSSR count). The molecular formula is C20H32N4OS. The van der Waals surface area contributed by atoms with E-state index in [2.05, 4.69) is 20.1 Å². The summed E-state index contributed by atoms with van der Waals surface area (Å²) in [7, 11) is 0. The fraction of sp³-hybridized carbons (Fsp3) is 0.850. The molecular weight excluding hydrogens is 344 g/mol. The highest BCUT2D eigenvalue weighted by atomic mass is 32.2. The number of aromatic amines is 1. The number of piperidine rings is 1. The quantitative estimate of drug-likeness (QED) is 0.756. The predicted octanol–water partition coefficient (Wildman–Crippen LogP) is 4.20. The van der Waals surface area contributed by atoms with Crippen LogP contribution >= 0.6 is 11.8 Å². The fourth-order valence-corrected chi connectivity index (χ4v) is 5.94. The first-order valence-corrected chi connectivity index (χ1v) is 11.6. The first-order chi connectivity index (χ1) is 12.8. The minimum absolute atomic E-state index is 0.281. The van der Waals surface area contributed by atoms with Gasteiger partial charge in [0.05, 0.1) is 5.75 Å². The Balaban J connectivity index is 1.25. The van der Waals surface area contributed by atoms with E-state index in [9.17, 15) is 4.79 Å². The zero-order valence-electron chi connectivity index (χ0n) is 15.8. The zero-order valence-corrected chi connectivity index (χ0v) is 16.6. The third-order valence-electron chi connectivity index (χ3n) is 6.66. The van der Waals surface area contributed by atoms with E-state index >= 15 is 0 Å². The van der Waals surface area contributed by atoms with E-state index in [1.165, 1.54) is 82.4 Å². The van der Waals surface area contributed by atoms with Crippen LogP contribution in [0.4, 0.5) is 0 Å². The van der Waals surface area contributed by atoms with Crippen LogP contribution in [0.25, 0.3) is 0 Å². The highest BCUT2D eigenvalue weighted by molar-refractivity contribution is 7.99. The van der Waals surface area contributed by atoms with Crippen LogP contribution in [0.3, 0.4) is 0 Å². The van der Waals surface area contributed by atoms with Gasteiger partial charge in [0.2, 0.25) is 11.1 Å².